The third-order valence-corrected chi connectivity index (χ3v) is 3.93. The topological polar surface area (TPSA) is 80.3 Å². The molecule has 0 atom stereocenters. The second-order valence-corrected chi connectivity index (χ2v) is 8.24. The van der Waals surface area contributed by atoms with Crippen LogP contribution in [0.3, 0.4) is 0 Å². The van der Waals surface area contributed by atoms with Crippen LogP contribution in [0.25, 0.3) is 0 Å². The van der Waals surface area contributed by atoms with E-state index in [1.54, 1.807) is 36.4 Å². The SMILES string of the molecule is CC(C)(C)c1cccc(C(=O)[O-])c1.CC(C)(C)c1cccc(C(=O)[O-])c1.[Cd+2]. The van der Waals surface area contributed by atoms with Crippen molar-refractivity contribution in [2.24, 2.45) is 0 Å². The van der Waals surface area contributed by atoms with Gasteiger partial charge in [-0.1, -0.05) is 77.9 Å². The molecule has 2 aromatic rings. The Morgan fingerprint density at radius 1 is 0.667 bits per heavy atom. The number of rotatable bonds is 2. The zero-order chi connectivity index (χ0) is 20.1. The van der Waals surface area contributed by atoms with Gasteiger partial charge in [-0.15, -0.1) is 0 Å². The van der Waals surface area contributed by atoms with Crippen molar-refractivity contribution >= 4 is 11.9 Å². The molecule has 0 saturated heterocycles. The average molecular weight is 467 g/mol. The molecule has 0 unspecified atom stereocenters. The molecule has 2 rings (SSSR count). The summed E-state index contributed by atoms with van der Waals surface area (Å²) < 4.78 is 0. The minimum atomic E-state index is -1.12. The Bertz CT molecular complexity index is 716. The van der Waals surface area contributed by atoms with Gasteiger partial charge in [-0.25, -0.2) is 0 Å². The number of carbonyl (C=O) groups is 2. The van der Waals surface area contributed by atoms with Crippen molar-refractivity contribution < 1.29 is 47.1 Å². The predicted octanol–water partition coefficient (Wildman–Crippen LogP) is 2.69. The summed E-state index contributed by atoms with van der Waals surface area (Å²) in [6, 6.07) is 13.7. The summed E-state index contributed by atoms with van der Waals surface area (Å²) in [6.45, 7) is 12.3. The Labute approximate surface area is 181 Å². The maximum atomic E-state index is 10.6. The van der Waals surface area contributed by atoms with E-state index >= 15 is 0 Å². The van der Waals surface area contributed by atoms with Crippen molar-refractivity contribution in [2.75, 3.05) is 0 Å². The van der Waals surface area contributed by atoms with E-state index in [1.165, 1.54) is 0 Å². The molecular weight excluding hydrogens is 441 g/mol. The van der Waals surface area contributed by atoms with E-state index in [0.717, 1.165) is 11.1 Å². The number of aromatic carboxylic acids is 2. The first-order valence-electron chi connectivity index (χ1n) is 8.46. The summed E-state index contributed by atoms with van der Waals surface area (Å²) in [5.41, 5.74) is 2.46. The Morgan fingerprint density at radius 2 is 0.963 bits per heavy atom. The molecule has 4 nitrogen and oxygen atoms in total. The molecule has 0 heterocycles. The Morgan fingerprint density at radius 3 is 1.19 bits per heavy atom. The van der Waals surface area contributed by atoms with Gasteiger partial charge in [0.1, 0.15) is 0 Å². The van der Waals surface area contributed by atoms with Gasteiger partial charge in [-0.3, -0.25) is 0 Å². The number of hydrogen-bond acceptors (Lipinski definition) is 4. The fourth-order valence-corrected chi connectivity index (χ4v) is 2.23. The second kappa shape index (κ2) is 10.0. The maximum Gasteiger partial charge on any atom is 2.00 e. The van der Waals surface area contributed by atoms with Gasteiger partial charge in [-0.05, 0) is 45.2 Å². The molecular formula is C22H26CdO4. The minimum Gasteiger partial charge on any atom is -0.545 e. The zero-order valence-corrected chi connectivity index (χ0v) is 21.0. The summed E-state index contributed by atoms with van der Waals surface area (Å²) in [6.07, 6.45) is 0. The molecule has 0 amide bonds. The van der Waals surface area contributed by atoms with Gasteiger partial charge < -0.3 is 19.8 Å². The molecule has 27 heavy (non-hydrogen) atoms. The number of carboxylic acid groups (broad SMARTS) is 2. The van der Waals surface area contributed by atoms with Gasteiger partial charge in [0.05, 0.1) is 11.9 Å². The summed E-state index contributed by atoms with van der Waals surface area (Å²) in [5.74, 6) is -2.24. The maximum absolute atomic E-state index is 10.6. The van der Waals surface area contributed by atoms with E-state index < -0.39 is 11.9 Å². The monoisotopic (exact) mass is 468 g/mol. The summed E-state index contributed by atoms with van der Waals surface area (Å²) in [5, 5.41) is 21.1. The smallest absolute Gasteiger partial charge is 0.545 e. The van der Waals surface area contributed by atoms with Crippen LogP contribution in [-0.4, -0.2) is 11.9 Å². The van der Waals surface area contributed by atoms with Crippen molar-refractivity contribution in [3.8, 4) is 0 Å². The standard InChI is InChI=1S/2C11H14O2.Cd/c2*1-11(2,3)9-6-4-5-8(7-9)10(12)13;/h2*4-7H,1-3H3,(H,12,13);/q;;+2/p-2. The molecule has 0 radical (unpaired) electrons. The Hall–Kier alpha value is -1.70. The van der Waals surface area contributed by atoms with Crippen molar-refractivity contribution in [3.63, 3.8) is 0 Å². The van der Waals surface area contributed by atoms with Crippen molar-refractivity contribution in [2.45, 2.75) is 52.4 Å². The van der Waals surface area contributed by atoms with Crippen LogP contribution in [0.15, 0.2) is 48.5 Å². The zero-order valence-electron chi connectivity index (χ0n) is 17.0. The molecule has 140 valence electrons. The van der Waals surface area contributed by atoms with Crippen LogP contribution in [0.2, 0.25) is 0 Å². The van der Waals surface area contributed by atoms with Crippen molar-refractivity contribution in [1.82, 2.24) is 0 Å². The molecule has 5 heteroatoms. The van der Waals surface area contributed by atoms with E-state index in [2.05, 4.69) is 0 Å². The van der Waals surface area contributed by atoms with Crippen molar-refractivity contribution in [1.29, 1.82) is 0 Å². The summed E-state index contributed by atoms with van der Waals surface area (Å²) in [7, 11) is 0. The van der Waals surface area contributed by atoms with Crippen LogP contribution in [0, 0.1) is 0 Å². The summed E-state index contributed by atoms with van der Waals surface area (Å²) in [4.78, 5) is 21.1. The van der Waals surface area contributed by atoms with Crippen LogP contribution in [0.4, 0.5) is 0 Å². The number of carboxylic acids is 2. The predicted molar refractivity (Wildman–Crippen MR) is 98.9 cm³/mol. The van der Waals surface area contributed by atoms with Gasteiger partial charge in [0.15, 0.2) is 0 Å². The number of benzene rings is 2. The van der Waals surface area contributed by atoms with Crippen LogP contribution >= 0.6 is 0 Å². The number of carbonyl (C=O) groups excluding carboxylic acids is 2. The molecule has 0 aliphatic rings. The second-order valence-electron chi connectivity index (χ2n) is 8.24. The minimum absolute atomic E-state index is 0. The van der Waals surface area contributed by atoms with E-state index in [1.807, 2.05) is 53.7 Å². The van der Waals surface area contributed by atoms with Gasteiger partial charge in [-0.2, -0.15) is 0 Å². The quantitative estimate of drug-likeness (QED) is 0.637. The molecule has 0 aliphatic carbocycles. The van der Waals surface area contributed by atoms with Crippen molar-refractivity contribution in [3.05, 3.63) is 70.8 Å². The van der Waals surface area contributed by atoms with E-state index in [4.69, 9.17) is 0 Å². The van der Waals surface area contributed by atoms with Gasteiger partial charge in [0.2, 0.25) is 0 Å². The first kappa shape index (κ1) is 25.3. The molecule has 0 aliphatic heterocycles. The molecule has 0 saturated carbocycles. The van der Waals surface area contributed by atoms with E-state index in [-0.39, 0.29) is 49.3 Å². The molecule has 0 aromatic heterocycles. The van der Waals surface area contributed by atoms with Gasteiger partial charge in [0, 0.05) is 0 Å². The molecule has 0 bridgehead atoms. The number of hydrogen-bond donors (Lipinski definition) is 0. The molecule has 2 aromatic carbocycles. The van der Waals surface area contributed by atoms with Crippen LogP contribution in [0.5, 0.6) is 0 Å². The van der Waals surface area contributed by atoms with E-state index in [9.17, 15) is 19.8 Å². The van der Waals surface area contributed by atoms with Crippen LogP contribution in [-0.2, 0) is 38.1 Å². The van der Waals surface area contributed by atoms with E-state index in [0.29, 0.717) is 0 Å². The summed E-state index contributed by atoms with van der Waals surface area (Å²) >= 11 is 0. The Balaban J connectivity index is 0.000000483. The first-order chi connectivity index (χ1) is 11.8. The van der Waals surface area contributed by atoms with Crippen LogP contribution in [0.1, 0.15) is 73.4 Å². The largest absolute Gasteiger partial charge is 2.00 e. The molecule has 0 fully saturated rings. The molecule has 0 spiro atoms. The van der Waals surface area contributed by atoms with Gasteiger partial charge >= 0.3 is 27.3 Å². The van der Waals surface area contributed by atoms with Gasteiger partial charge in [0.25, 0.3) is 0 Å². The van der Waals surface area contributed by atoms with Crippen LogP contribution < -0.4 is 10.2 Å². The third kappa shape index (κ3) is 8.24. The fourth-order valence-electron chi connectivity index (χ4n) is 2.23. The molecule has 0 N–H and O–H groups in total. The first-order valence-corrected chi connectivity index (χ1v) is 8.46. The fraction of sp³-hybridized carbons (Fsp3) is 0.364. The average Bonchev–Trinajstić information content (AvgIpc) is 2.54. The normalized spacial score (nSPS) is 10.9. The third-order valence-electron chi connectivity index (χ3n) is 3.93. The Kier molecular flexibility index (Phi) is 9.38.